The molecule has 0 saturated heterocycles. The smallest absolute Gasteiger partial charge is 0.0702 e. The number of aryl methyl sites for hydroxylation is 1. The summed E-state index contributed by atoms with van der Waals surface area (Å²) in [6.07, 6.45) is 1.84. The topological polar surface area (TPSA) is 12.9 Å². The normalized spacial score (nSPS) is 11.2. The fourth-order valence-electron chi connectivity index (χ4n) is 2.70. The predicted octanol–water partition coefficient (Wildman–Crippen LogP) is 5.42. The molecule has 96 valence electrons. The molecule has 0 atom stereocenters. The van der Waals surface area contributed by atoms with E-state index in [1.165, 1.54) is 31.3 Å². The molecule has 0 unspecified atom stereocenters. The number of hydrogen-bond acceptors (Lipinski definition) is 2. The highest BCUT2D eigenvalue weighted by Gasteiger charge is 2.08. The molecule has 1 nitrogen and oxygen atoms in total. The van der Waals surface area contributed by atoms with E-state index in [9.17, 15) is 0 Å². The molecule has 4 aromatic rings. The Balaban J connectivity index is 2.01. The maximum atomic E-state index is 4.43. The van der Waals surface area contributed by atoms with Crippen LogP contribution in [0.2, 0.25) is 0 Å². The summed E-state index contributed by atoms with van der Waals surface area (Å²) in [6, 6.07) is 19.2. The second-order valence-corrected chi connectivity index (χ2v) is 6.06. The van der Waals surface area contributed by atoms with Crippen LogP contribution in [0.25, 0.3) is 31.4 Å². The molecule has 2 aromatic carbocycles. The van der Waals surface area contributed by atoms with Crippen LogP contribution < -0.4 is 0 Å². The molecule has 0 saturated carbocycles. The Hall–Kier alpha value is -2.19. The van der Waals surface area contributed by atoms with Gasteiger partial charge in [-0.3, -0.25) is 4.98 Å². The number of nitrogens with zero attached hydrogens (tertiary/aromatic N) is 1. The van der Waals surface area contributed by atoms with E-state index in [2.05, 4.69) is 54.4 Å². The van der Waals surface area contributed by atoms with E-state index >= 15 is 0 Å². The first-order chi connectivity index (χ1) is 9.83. The number of hydrogen-bond donors (Lipinski definition) is 0. The zero-order valence-corrected chi connectivity index (χ0v) is 11.9. The maximum absolute atomic E-state index is 4.43. The summed E-state index contributed by atoms with van der Waals surface area (Å²) in [5.41, 5.74) is 3.56. The van der Waals surface area contributed by atoms with Gasteiger partial charge >= 0.3 is 0 Å². The van der Waals surface area contributed by atoms with Crippen molar-refractivity contribution in [2.45, 2.75) is 6.92 Å². The van der Waals surface area contributed by atoms with Crippen LogP contribution in [0.1, 0.15) is 5.56 Å². The zero-order chi connectivity index (χ0) is 13.5. The largest absolute Gasteiger partial charge is 0.256 e. The fourth-order valence-corrected chi connectivity index (χ4v) is 3.92. The molecule has 20 heavy (non-hydrogen) atoms. The van der Waals surface area contributed by atoms with Crippen LogP contribution in [0.4, 0.5) is 0 Å². The molecule has 0 spiro atoms. The first-order valence-corrected chi connectivity index (χ1v) is 7.48. The molecule has 2 aromatic heterocycles. The van der Waals surface area contributed by atoms with E-state index in [-0.39, 0.29) is 0 Å². The van der Waals surface area contributed by atoms with Gasteiger partial charge in [0.1, 0.15) is 0 Å². The second kappa shape index (κ2) is 4.43. The van der Waals surface area contributed by atoms with Crippen molar-refractivity contribution in [2.75, 3.05) is 0 Å². The number of rotatable bonds is 1. The fraction of sp³-hybridized carbons (Fsp3) is 0.0556. The van der Waals surface area contributed by atoms with Crippen LogP contribution in [0.15, 0.2) is 60.8 Å². The van der Waals surface area contributed by atoms with E-state index < -0.39 is 0 Å². The minimum absolute atomic E-state index is 1.03. The standard InChI is InChI=1S/C18H13NS/c1-12-5-4-7-16-18(12)14-9-8-13(11-17(14)20-16)15-6-2-3-10-19-15/h2-11H,1H3. The maximum Gasteiger partial charge on any atom is 0.0702 e. The van der Waals surface area contributed by atoms with Gasteiger partial charge in [0.15, 0.2) is 0 Å². The number of fused-ring (bicyclic) bond motifs is 3. The molecule has 0 radical (unpaired) electrons. The highest BCUT2D eigenvalue weighted by molar-refractivity contribution is 7.25. The molecule has 0 aliphatic heterocycles. The Morgan fingerprint density at radius 1 is 0.900 bits per heavy atom. The van der Waals surface area contributed by atoms with Crippen LogP contribution in [0.3, 0.4) is 0 Å². The Morgan fingerprint density at radius 3 is 2.70 bits per heavy atom. The van der Waals surface area contributed by atoms with E-state index in [4.69, 9.17) is 0 Å². The van der Waals surface area contributed by atoms with Gasteiger partial charge in [-0.15, -0.1) is 11.3 Å². The molecular weight excluding hydrogens is 262 g/mol. The minimum Gasteiger partial charge on any atom is -0.256 e. The van der Waals surface area contributed by atoms with Gasteiger partial charge in [0.2, 0.25) is 0 Å². The van der Waals surface area contributed by atoms with Crippen molar-refractivity contribution < 1.29 is 0 Å². The molecule has 4 rings (SSSR count). The second-order valence-electron chi connectivity index (χ2n) is 4.98. The third-order valence-electron chi connectivity index (χ3n) is 3.67. The SMILES string of the molecule is Cc1cccc2sc3cc(-c4ccccn4)ccc3c12. The minimum atomic E-state index is 1.03. The average Bonchev–Trinajstić information content (AvgIpc) is 2.87. The van der Waals surface area contributed by atoms with Crippen molar-refractivity contribution in [1.82, 2.24) is 4.98 Å². The number of benzene rings is 2. The zero-order valence-electron chi connectivity index (χ0n) is 11.1. The Kier molecular flexibility index (Phi) is 2.57. The highest BCUT2D eigenvalue weighted by atomic mass is 32.1. The molecule has 0 fully saturated rings. The molecule has 2 heterocycles. The van der Waals surface area contributed by atoms with Crippen LogP contribution in [0.5, 0.6) is 0 Å². The summed E-state index contributed by atoms with van der Waals surface area (Å²) in [6.45, 7) is 2.18. The van der Waals surface area contributed by atoms with Gasteiger partial charge in [-0.05, 0) is 36.8 Å². The summed E-state index contributed by atoms with van der Waals surface area (Å²) >= 11 is 1.86. The van der Waals surface area contributed by atoms with Crippen molar-refractivity contribution in [1.29, 1.82) is 0 Å². The Morgan fingerprint density at radius 2 is 1.85 bits per heavy atom. The molecule has 0 N–H and O–H groups in total. The van der Waals surface area contributed by atoms with Crippen molar-refractivity contribution >= 4 is 31.5 Å². The van der Waals surface area contributed by atoms with Crippen LogP contribution in [-0.4, -0.2) is 4.98 Å². The van der Waals surface area contributed by atoms with E-state index in [0.29, 0.717) is 0 Å². The molecule has 0 amide bonds. The first-order valence-electron chi connectivity index (χ1n) is 6.66. The lowest BCUT2D eigenvalue weighted by Crippen LogP contribution is -1.81. The van der Waals surface area contributed by atoms with Crippen molar-refractivity contribution in [2.24, 2.45) is 0 Å². The monoisotopic (exact) mass is 275 g/mol. The molecule has 0 aliphatic carbocycles. The van der Waals surface area contributed by atoms with Crippen molar-refractivity contribution in [3.63, 3.8) is 0 Å². The lowest BCUT2D eigenvalue weighted by Gasteiger charge is -2.01. The van der Waals surface area contributed by atoms with E-state index in [1.807, 2.05) is 29.7 Å². The third kappa shape index (κ3) is 1.73. The van der Waals surface area contributed by atoms with Gasteiger partial charge in [0.25, 0.3) is 0 Å². The average molecular weight is 275 g/mol. The van der Waals surface area contributed by atoms with Crippen LogP contribution >= 0.6 is 11.3 Å². The summed E-state index contributed by atoms with van der Waals surface area (Å²) < 4.78 is 2.69. The van der Waals surface area contributed by atoms with Gasteiger partial charge in [-0.2, -0.15) is 0 Å². The van der Waals surface area contributed by atoms with Gasteiger partial charge in [0.05, 0.1) is 5.69 Å². The summed E-state index contributed by atoms with van der Waals surface area (Å²) in [5, 5.41) is 2.74. The van der Waals surface area contributed by atoms with Gasteiger partial charge in [0, 0.05) is 31.9 Å². The van der Waals surface area contributed by atoms with E-state index in [1.54, 1.807) is 0 Å². The van der Waals surface area contributed by atoms with Gasteiger partial charge in [-0.1, -0.05) is 30.3 Å². The van der Waals surface area contributed by atoms with Crippen molar-refractivity contribution in [3.05, 3.63) is 66.4 Å². The predicted molar refractivity (Wildman–Crippen MR) is 87.3 cm³/mol. The van der Waals surface area contributed by atoms with Crippen LogP contribution in [-0.2, 0) is 0 Å². The number of aromatic nitrogens is 1. The molecule has 0 bridgehead atoms. The van der Waals surface area contributed by atoms with Gasteiger partial charge in [-0.25, -0.2) is 0 Å². The highest BCUT2D eigenvalue weighted by Crippen LogP contribution is 2.37. The van der Waals surface area contributed by atoms with E-state index in [0.717, 1.165) is 5.69 Å². The third-order valence-corrected chi connectivity index (χ3v) is 4.78. The lowest BCUT2D eigenvalue weighted by molar-refractivity contribution is 1.33. The quantitative estimate of drug-likeness (QED) is 0.451. The number of pyridine rings is 1. The summed E-state index contributed by atoms with van der Waals surface area (Å²) in [4.78, 5) is 4.43. The van der Waals surface area contributed by atoms with Gasteiger partial charge < -0.3 is 0 Å². The summed E-state index contributed by atoms with van der Waals surface area (Å²) in [7, 11) is 0. The van der Waals surface area contributed by atoms with Crippen molar-refractivity contribution in [3.8, 4) is 11.3 Å². The Labute approximate surface area is 121 Å². The summed E-state index contributed by atoms with van der Waals surface area (Å²) in [5.74, 6) is 0. The Bertz CT molecular complexity index is 907. The first kappa shape index (κ1) is 11.6. The molecule has 0 aliphatic rings. The lowest BCUT2D eigenvalue weighted by atomic mass is 10.0. The number of thiophene rings is 1. The molecule has 2 heteroatoms. The molecular formula is C18H13NS. The van der Waals surface area contributed by atoms with Crippen LogP contribution in [0, 0.1) is 6.92 Å².